The normalized spacial score (nSPS) is 15.6. The van der Waals surface area contributed by atoms with Crippen molar-refractivity contribution in [1.29, 1.82) is 0 Å². The standard InChI is InChI=1S/C19H17ClN2O3S2/c20-14-5-3-13(4-6-14)12-16-18(24)22(19(25)27-16)10-9-21-17(23)8-7-15-2-1-11-26-15/h1-6,11-12H,7-10H2,(H,21,23)/b16-12-. The molecule has 1 aliphatic rings. The van der Waals surface area contributed by atoms with Gasteiger partial charge in [-0.1, -0.05) is 29.8 Å². The molecule has 0 radical (unpaired) electrons. The second-order valence-corrected chi connectivity index (χ2v) is 8.28. The predicted octanol–water partition coefficient (Wildman–Crippen LogP) is 4.19. The Balaban J connectivity index is 1.48. The van der Waals surface area contributed by atoms with E-state index in [4.69, 9.17) is 11.6 Å². The van der Waals surface area contributed by atoms with Crippen LogP contribution in [0.4, 0.5) is 4.79 Å². The molecule has 3 rings (SSSR count). The highest BCUT2D eigenvalue weighted by molar-refractivity contribution is 8.18. The lowest BCUT2D eigenvalue weighted by Crippen LogP contribution is -2.37. The number of rotatable bonds is 7. The average molecular weight is 421 g/mol. The van der Waals surface area contributed by atoms with Crippen molar-refractivity contribution in [1.82, 2.24) is 10.2 Å². The van der Waals surface area contributed by atoms with Gasteiger partial charge in [0.15, 0.2) is 0 Å². The van der Waals surface area contributed by atoms with Crippen LogP contribution in [0.3, 0.4) is 0 Å². The maximum absolute atomic E-state index is 12.4. The fourth-order valence-electron chi connectivity index (χ4n) is 2.49. The van der Waals surface area contributed by atoms with Crippen LogP contribution >= 0.6 is 34.7 Å². The van der Waals surface area contributed by atoms with Gasteiger partial charge in [-0.05, 0) is 53.4 Å². The Bertz CT molecular complexity index is 864. The van der Waals surface area contributed by atoms with Crippen LogP contribution < -0.4 is 5.32 Å². The number of halogens is 1. The monoisotopic (exact) mass is 420 g/mol. The predicted molar refractivity (Wildman–Crippen MR) is 110 cm³/mol. The molecule has 1 N–H and O–H groups in total. The highest BCUT2D eigenvalue weighted by atomic mass is 35.5. The van der Waals surface area contributed by atoms with Gasteiger partial charge in [0.1, 0.15) is 0 Å². The summed E-state index contributed by atoms with van der Waals surface area (Å²) in [5, 5.41) is 5.02. The van der Waals surface area contributed by atoms with Gasteiger partial charge in [-0.2, -0.15) is 0 Å². The average Bonchev–Trinajstić information content (AvgIpc) is 3.26. The molecule has 140 valence electrons. The molecule has 2 aromatic rings. The van der Waals surface area contributed by atoms with Gasteiger partial charge in [0.2, 0.25) is 5.91 Å². The molecule has 3 amide bonds. The van der Waals surface area contributed by atoms with E-state index in [9.17, 15) is 14.4 Å². The number of imide groups is 1. The van der Waals surface area contributed by atoms with Crippen molar-refractivity contribution in [2.45, 2.75) is 12.8 Å². The molecule has 0 saturated carbocycles. The van der Waals surface area contributed by atoms with Crippen molar-refractivity contribution in [2.75, 3.05) is 13.1 Å². The summed E-state index contributed by atoms with van der Waals surface area (Å²) in [6, 6.07) is 11.0. The summed E-state index contributed by atoms with van der Waals surface area (Å²) < 4.78 is 0. The third kappa shape index (κ3) is 5.45. The third-order valence-electron chi connectivity index (χ3n) is 3.88. The molecule has 1 aliphatic heterocycles. The fourth-order valence-corrected chi connectivity index (χ4v) is 4.19. The van der Waals surface area contributed by atoms with Crippen LogP contribution in [0.5, 0.6) is 0 Å². The first kappa shape index (κ1) is 19.7. The van der Waals surface area contributed by atoms with Crippen molar-refractivity contribution in [3.8, 4) is 0 Å². The zero-order chi connectivity index (χ0) is 19.2. The molecule has 27 heavy (non-hydrogen) atoms. The first-order valence-corrected chi connectivity index (χ1v) is 10.4. The Morgan fingerprint density at radius 2 is 1.96 bits per heavy atom. The molecule has 1 saturated heterocycles. The molecule has 1 aromatic carbocycles. The van der Waals surface area contributed by atoms with Crippen LogP contribution in [0.2, 0.25) is 5.02 Å². The SMILES string of the molecule is O=C(CCc1cccs1)NCCN1C(=O)S/C(=C\c2ccc(Cl)cc2)C1=O. The van der Waals surface area contributed by atoms with Crippen LogP contribution in [-0.2, 0) is 16.0 Å². The summed E-state index contributed by atoms with van der Waals surface area (Å²) in [5.74, 6) is -0.431. The molecule has 5 nitrogen and oxygen atoms in total. The zero-order valence-electron chi connectivity index (χ0n) is 14.3. The van der Waals surface area contributed by atoms with E-state index in [0.717, 1.165) is 27.1 Å². The summed E-state index contributed by atoms with van der Waals surface area (Å²) in [6.07, 6.45) is 2.74. The lowest BCUT2D eigenvalue weighted by atomic mass is 10.2. The van der Waals surface area contributed by atoms with E-state index >= 15 is 0 Å². The third-order valence-corrected chi connectivity index (χ3v) is 5.97. The molecule has 8 heteroatoms. The topological polar surface area (TPSA) is 66.5 Å². The van der Waals surface area contributed by atoms with E-state index in [1.807, 2.05) is 17.5 Å². The number of benzene rings is 1. The molecule has 0 aliphatic carbocycles. The number of thiophene rings is 1. The number of thioether (sulfide) groups is 1. The molecule has 1 fully saturated rings. The minimum absolute atomic E-state index is 0.0907. The van der Waals surface area contributed by atoms with Gasteiger partial charge in [0, 0.05) is 29.4 Å². The zero-order valence-corrected chi connectivity index (χ0v) is 16.7. The van der Waals surface area contributed by atoms with Gasteiger partial charge in [-0.3, -0.25) is 19.3 Å². The number of aryl methyl sites for hydroxylation is 1. The molecule has 2 heterocycles. The van der Waals surface area contributed by atoms with Crippen LogP contribution in [0.25, 0.3) is 6.08 Å². The Hall–Kier alpha value is -2.09. The molecule has 0 unspecified atom stereocenters. The quantitative estimate of drug-likeness (QED) is 0.682. The minimum atomic E-state index is -0.340. The Labute approximate surface area is 170 Å². The number of nitrogens with zero attached hydrogens (tertiary/aromatic N) is 1. The van der Waals surface area contributed by atoms with Crippen LogP contribution in [0, 0.1) is 0 Å². The first-order chi connectivity index (χ1) is 13.0. The number of hydrogen-bond acceptors (Lipinski definition) is 5. The largest absolute Gasteiger partial charge is 0.354 e. The molecular formula is C19H17ClN2O3S2. The van der Waals surface area contributed by atoms with Gasteiger partial charge in [-0.15, -0.1) is 11.3 Å². The second-order valence-electron chi connectivity index (χ2n) is 5.81. The van der Waals surface area contributed by atoms with E-state index in [2.05, 4.69) is 5.32 Å². The van der Waals surface area contributed by atoms with Gasteiger partial charge >= 0.3 is 0 Å². The molecule has 1 aromatic heterocycles. The van der Waals surface area contributed by atoms with E-state index in [0.29, 0.717) is 22.8 Å². The van der Waals surface area contributed by atoms with Crippen molar-refractivity contribution < 1.29 is 14.4 Å². The second kappa shape index (κ2) is 9.21. The maximum atomic E-state index is 12.4. The molecule has 0 spiro atoms. The Kier molecular flexibility index (Phi) is 6.71. The van der Waals surface area contributed by atoms with Crippen molar-refractivity contribution in [3.63, 3.8) is 0 Å². The van der Waals surface area contributed by atoms with E-state index < -0.39 is 0 Å². The van der Waals surface area contributed by atoms with E-state index in [1.165, 1.54) is 0 Å². The first-order valence-electron chi connectivity index (χ1n) is 8.33. The lowest BCUT2D eigenvalue weighted by molar-refractivity contribution is -0.124. The van der Waals surface area contributed by atoms with Crippen molar-refractivity contribution in [2.24, 2.45) is 0 Å². The summed E-state index contributed by atoms with van der Waals surface area (Å²) in [4.78, 5) is 39.1. The number of amides is 3. The van der Waals surface area contributed by atoms with Crippen molar-refractivity contribution >= 4 is 57.8 Å². The minimum Gasteiger partial charge on any atom is -0.354 e. The number of carbonyl (C=O) groups excluding carboxylic acids is 3. The number of carbonyl (C=O) groups is 3. The summed E-state index contributed by atoms with van der Waals surface area (Å²) in [6.45, 7) is 0.406. The van der Waals surface area contributed by atoms with Crippen molar-refractivity contribution in [3.05, 3.63) is 62.1 Å². The maximum Gasteiger partial charge on any atom is 0.293 e. The number of hydrogen-bond donors (Lipinski definition) is 1. The molecular weight excluding hydrogens is 404 g/mol. The van der Waals surface area contributed by atoms with Gasteiger partial charge < -0.3 is 5.32 Å². The summed E-state index contributed by atoms with van der Waals surface area (Å²) in [7, 11) is 0. The highest BCUT2D eigenvalue weighted by Gasteiger charge is 2.34. The van der Waals surface area contributed by atoms with Crippen LogP contribution in [-0.4, -0.2) is 35.0 Å². The summed E-state index contributed by atoms with van der Waals surface area (Å²) in [5.41, 5.74) is 0.798. The van der Waals surface area contributed by atoms with E-state index in [-0.39, 0.29) is 30.1 Å². The molecule has 0 atom stereocenters. The summed E-state index contributed by atoms with van der Waals surface area (Å²) >= 11 is 8.37. The highest BCUT2D eigenvalue weighted by Crippen LogP contribution is 2.32. The van der Waals surface area contributed by atoms with Gasteiger partial charge in [0.05, 0.1) is 4.91 Å². The Morgan fingerprint density at radius 3 is 2.67 bits per heavy atom. The lowest BCUT2D eigenvalue weighted by Gasteiger charge is -2.12. The van der Waals surface area contributed by atoms with Gasteiger partial charge in [0.25, 0.3) is 11.1 Å². The van der Waals surface area contributed by atoms with Crippen LogP contribution in [0.1, 0.15) is 16.9 Å². The smallest absolute Gasteiger partial charge is 0.293 e. The molecule has 0 bridgehead atoms. The van der Waals surface area contributed by atoms with Gasteiger partial charge in [-0.25, -0.2) is 0 Å². The Morgan fingerprint density at radius 1 is 1.19 bits per heavy atom. The number of nitrogens with one attached hydrogen (secondary N) is 1. The fraction of sp³-hybridized carbons (Fsp3) is 0.211. The van der Waals surface area contributed by atoms with E-state index in [1.54, 1.807) is 41.7 Å². The van der Waals surface area contributed by atoms with Crippen LogP contribution in [0.15, 0.2) is 46.7 Å².